The first-order valence-electron chi connectivity index (χ1n) is 7.91. The molecule has 0 saturated carbocycles. The van der Waals surface area contributed by atoms with Gasteiger partial charge in [-0.2, -0.15) is 17.0 Å². The van der Waals surface area contributed by atoms with Crippen LogP contribution in [0.4, 0.5) is 0 Å². The van der Waals surface area contributed by atoms with Crippen molar-refractivity contribution in [2.75, 3.05) is 27.2 Å². The van der Waals surface area contributed by atoms with Crippen LogP contribution < -0.4 is 0 Å². The molecular weight excluding hydrogens is 328 g/mol. The number of aromatic amines is 1. The van der Waals surface area contributed by atoms with Gasteiger partial charge in [-0.1, -0.05) is 0 Å². The average molecular weight is 350 g/mol. The molecule has 8 nitrogen and oxygen atoms in total. The van der Waals surface area contributed by atoms with Crippen LogP contribution >= 0.6 is 0 Å². The largest absolute Gasteiger partial charge is 0.343 e. The van der Waals surface area contributed by atoms with E-state index in [1.54, 1.807) is 26.5 Å². The van der Waals surface area contributed by atoms with Crippen molar-refractivity contribution in [3.63, 3.8) is 0 Å². The van der Waals surface area contributed by atoms with Crippen LogP contribution in [0.1, 0.15) is 30.3 Å². The molecule has 1 fully saturated rings. The van der Waals surface area contributed by atoms with Crippen molar-refractivity contribution < 1.29 is 8.42 Å². The van der Waals surface area contributed by atoms with Crippen LogP contribution in [0.2, 0.25) is 0 Å². The Hall–Kier alpha value is -1.84. The number of rotatable bonds is 4. The number of hydrogen-bond acceptors (Lipinski definition) is 5. The molecule has 0 spiro atoms. The predicted molar refractivity (Wildman–Crippen MR) is 90.5 cm³/mol. The number of imidazole rings is 1. The van der Waals surface area contributed by atoms with E-state index in [1.807, 2.05) is 13.0 Å². The minimum absolute atomic E-state index is 0.231. The Balaban J connectivity index is 1.78. The summed E-state index contributed by atoms with van der Waals surface area (Å²) in [5, 5.41) is 0. The molecule has 130 valence electrons. The van der Waals surface area contributed by atoms with Crippen molar-refractivity contribution >= 4 is 10.2 Å². The van der Waals surface area contributed by atoms with Crippen molar-refractivity contribution in [2.45, 2.75) is 25.7 Å². The lowest BCUT2D eigenvalue weighted by molar-refractivity contribution is 0.300. The van der Waals surface area contributed by atoms with E-state index in [0.29, 0.717) is 18.9 Å². The summed E-state index contributed by atoms with van der Waals surface area (Å²) in [6.07, 6.45) is 4.95. The molecule has 0 aromatic carbocycles. The monoisotopic (exact) mass is 350 g/mol. The first-order chi connectivity index (χ1) is 11.4. The molecule has 24 heavy (non-hydrogen) atoms. The number of nitrogens with zero attached hydrogens (tertiary/aromatic N) is 5. The van der Waals surface area contributed by atoms with Crippen molar-refractivity contribution in [1.29, 1.82) is 0 Å². The number of nitrogens with one attached hydrogen (secondary N) is 1. The Morgan fingerprint density at radius 2 is 1.96 bits per heavy atom. The van der Waals surface area contributed by atoms with Gasteiger partial charge in [0.1, 0.15) is 11.5 Å². The summed E-state index contributed by atoms with van der Waals surface area (Å²) in [4.78, 5) is 16.3. The SMILES string of the molecule is Cc1nc(-c2ncc[nH]2)cc(C2CCN(S(=O)(=O)N(C)C)CC2)n1. The van der Waals surface area contributed by atoms with Crippen molar-refractivity contribution in [3.8, 4) is 11.5 Å². The summed E-state index contributed by atoms with van der Waals surface area (Å²) in [7, 11) is -0.218. The Morgan fingerprint density at radius 1 is 1.25 bits per heavy atom. The fourth-order valence-corrected chi connectivity index (χ4v) is 4.07. The van der Waals surface area contributed by atoms with E-state index in [4.69, 9.17) is 0 Å². The molecule has 0 aliphatic carbocycles. The summed E-state index contributed by atoms with van der Waals surface area (Å²) in [5.41, 5.74) is 1.72. The van der Waals surface area contributed by atoms with E-state index in [1.165, 1.54) is 8.61 Å². The Labute approximate surface area is 142 Å². The van der Waals surface area contributed by atoms with Gasteiger partial charge in [0, 0.05) is 51.2 Å². The molecule has 0 bridgehead atoms. The third-order valence-corrected chi connectivity index (χ3v) is 6.20. The molecule has 3 heterocycles. The first kappa shape index (κ1) is 17.0. The molecule has 3 rings (SSSR count). The van der Waals surface area contributed by atoms with Gasteiger partial charge in [0.2, 0.25) is 0 Å². The van der Waals surface area contributed by atoms with E-state index >= 15 is 0 Å². The van der Waals surface area contributed by atoms with Crippen LogP contribution in [-0.2, 0) is 10.2 Å². The molecule has 2 aromatic rings. The fourth-order valence-electron chi connectivity index (χ4n) is 2.94. The standard InChI is InChI=1S/C15H22N6O2S/c1-11-18-13(10-14(19-11)15-16-6-7-17-15)12-4-8-21(9-5-12)24(22,23)20(2)3/h6-7,10,12H,4-5,8-9H2,1-3H3,(H,16,17). The van der Waals surface area contributed by atoms with Crippen molar-refractivity contribution in [1.82, 2.24) is 28.5 Å². The maximum Gasteiger partial charge on any atom is 0.281 e. The van der Waals surface area contributed by atoms with Gasteiger partial charge in [0.05, 0.1) is 0 Å². The van der Waals surface area contributed by atoms with Gasteiger partial charge in [0.15, 0.2) is 5.82 Å². The zero-order chi connectivity index (χ0) is 17.3. The Morgan fingerprint density at radius 3 is 2.54 bits per heavy atom. The quantitative estimate of drug-likeness (QED) is 0.893. The lowest BCUT2D eigenvalue weighted by Crippen LogP contribution is -2.44. The van der Waals surface area contributed by atoms with E-state index in [2.05, 4.69) is 19.9 Å². The number of piperidine rings is 1. The van der Waals surface area contributed by atoms with Crippen LogP contribution in [-0.4, -0.2) is 64.1 Å². The number of aryl methyl sites for hydroxylation is 1. The van der Waals surface area contributed by atoms with Crippen LogP contribution in [0, 0.1) is 6.92 Å². The highest BCUT2D eigenvalue weighted by Gasteiger charge is 2.30. The third-order valence-electron chi connectivity index (χ3n) is 4.26. The lowest BCUT2D eigenvalue weighted by atomic mass is 9.94. The first-order valence-corrected chi connectivity index (χ1v) is 9.30. The topological polar surface area (TPSA) is 95.1 Å². The normalized spacial score (nSPS) is 17.5. The smallest absolute Gasteiger partial charge is 0.281 e. The highest BCUT2D eigenvalue weighted by atomic mass is 32.2. The molecule has 0 unspecified atom stereocenters. The molecule has 0 radical (unpaired) electrons. The van der Waals surface area contributed by atoms with E-state index < -0.39 is 10.2 Å². The van der Waals surface area contributed by atoms with Crippen LogP contribution in [0.25, 0.3) is 11.5 Å². The molecule has 1 saturated heterocycles. The molecule has 1 aliphatic heterocycles. The van der Waals surface area contributed by atoms with Gasteiger partial charge in [-0.15, -0.1) is 0 Å². The van der Waals surface area contributed by atoms with Gasteiger partial charge < -0.3 is 4.98 Å². The van der Waals surface area contributed by atoms with Crippen molar-refractivity contribution in [3.05, 3.63) is 30.0 Å². The number of hydrogen-bond donors (Lipinski definition) is 1. The van der Waals surface area contributed by atoms with Gasteiger partial charge in [-0.25, -0.2) is 15.0 Å². The predicted octanol–water partition coefficient (Wildman–Crippen LogP) is 1.16. The van der Waals surface area contributed by atoms with E-state index in [0.717, 1.165) is 30.1 Å². The summed E-state index contributed by atoms with van der Waals surface area (Å²) >= 11 is 0. The second-order valence-electron chi connectivity index (χ2n) is 6.13. The van der Waals surface area contributed by atoms with Gasteiger partial charge in [-0.05, 0) is 25.8 Å². The minimum Gasteiger partial charge on any atom is -0.343 e. The highest BCUT2D eigenvalue weighted by Crippen LogP contribution is 2.29. The molecule has 2 aromatic heterocycles. The molecule has 9 heteroatoms. The van der Waals surface area contributed by atoms with Gasteiger partial charge in [0.25, 0.3) is 10.2 Å². The minimum atomic E-state index is -3.34. The van der Waals surface area contributed by atoms with E-state index in [9.17, 15) is 8.42 Å². The van der Waals surface area contributed by atoms with Gasteiger partial charge >= 0.3 is 0 Å². The molecular formula is C15H22N6O2S. The third kappa shape index (κ3) is 3.33. The second-order valence-corrected chi connectivity index (χ2v) is 8.27. The Bertz CT molecular complexity index is 795. The summed E-state index contributed by atoms with van der Waals surface area (Å²) in [6.45, 7) is 2.87. The number of aromatic nitrogens is 4. The summed E-state index contributed by atoms with van der Waals surface area (Å²) in [5.74, 6) is 1.64. The average Bonchev–Trinajstić information content (AvgIpc) is 3.09. The maximum absolute atomic E-state index is 12.2. The summed E-state index contributed by atoms with van der Waals surface area (Å²) < 4.78 is 27.2. The zero-order valence-corrected chi connectivity index (χ0v) is 14.9. The zero-order valence-electron chi connectivity index (χ0n) is 14.1. The fraction of sp³-hybridized carbons (Fsp3) is 0.533. The molecule has 1 aliphatic rings. The van der Waals surface area contributed by atoms with Crippen molar-refractivity contribution in [2.24, 2.45) is 0 Å². The maximum atomic E-state index is 12.2. The lowest BCUT2D eigenvalue weighted by Gasteiger charge is -2.32. The second kappa shape index (κ2) is 6.58. The highest BCUT2D eigenvalue weighted by molar-refractivity contribution is 7.86. The summed E-state index contributed by atoms with van der Waals surface area (Å²) in [6, 6.07) is 1.95. The van der Waals surface area contributed by atoms with Crippen LogP contribution in [0.15, 0.2) is 18.5 Å². The van der Waals surface area contributed by atoms with Gasteiger partial charge in [-0.3, -0.25) is 0 Å². The van der Waals surface area contributed by atoms with Crippen LogP contribution in [0.5, 0.6) is 0 Å². The number of H-pyrrole nitrogens is 1. The van der Waals surface area contributed by atoms with E-state index in [-0.39, 0.29) is 5.92 Å². The molecule has 0 atom stereocenters. The molecule has 0 amide bonds. The Kier molecular flexibility index (Phi) is 4.66. The van der Waals surface area contributed by atoms with Crippen LogP contribution in [0.3, 0.4) is 0 Å². The molecule has 1 N–H and O–H groups in total.